The van der Waals surface area contributed by atoms with Crippen LogP contribution in [0.5, 0.6) is 0 Å². The predicted molar refractivity (Wildman–Crippen MR) is 68.2 cm³/mol. The molecule has 1 aromatic rings. The third-order valence-electron chi connectivity index (χ3n) is 2.83. The van der Waals surface area contributed by atoms with Crippen LogP contribution in [0.3, 0.4) is 0 Å². The summed E-state index contributed by atoms with van der Waals surface area (Å²) in [7, 11) is 0. The number of hydrogen-bond donors (Lipinski definition) is 2. The van der Waals surface area contributed by atoms with Crippen LogP contribution < -0.4 is 10.6 Å². The maximum atomic E-state index is 11.6. The van der Waals surface area contributed by atoms with Gasteiger partial charge in [0.25, 0.3) is 0 Å². The zero-order valence-electron chi connectivity index (χ0n) is 9.94. The Morgan fingerprint density at radius 2 is 2.59 bits per heavy atom. The first kappa shape index (κ1) is 12.4. The molecule has 17 heavy (non-hydrogen) atoms. The highest BCUT2D eigenvalue weighted by Crippen LogP contribution is 2.17. The maximum absolute atomic E-state index is 11.6. The van der Waals surface area contributed by atoms with Crippen molar-refractivity contribution in [2.24, 2.45) is 0 Å². The lowest BCUT2D eigenvalue weighted by Gasteiger charge is -2.15. The molecule has 1 fully saturated rings. The monoisotopic (exact) mass is 254 g/mol. The van der Waals surface area contributed by atoms with E-state index in [2.05, 4.69) is 10.6 Å². The van der Waals surface area contributed by atoms with Gasteiger partial charge in [0.1, 0.15) is 0 Å². The molecule has 1 aliphatic rings. The van der Waals surface area contributed by atoms with E-state index < -0.39 is 0 Å². The molecule has 0 aromatic carbocycles. The van der Waals surface area contributed by atoms with E-state index in [-0.39, 0.29) is 18.2 Å². The number of carbonyl (C=O) groups excluding carboxylic acids is 1. The maximum Gasteiger partial charge on any atom is 0.315 e. The lowest BCUT2D eigenvalue weighted by molar-refractivity contribution is 0.111. The first-order chi connectivity index (χ1) is 8.25. The minimum absolute atomic E-state index is 0.0551. The molecule has 0 bridgehead atoms. The summed E-state index contributed by atoms with van der Waals surface area (Å²) >= 11 is 1.65. The molecule has 2 atom stereocenters. The number of ether oxygens (including phenoxy) is 1. The summed E-state index contributed by atoms with van der Waals surface area (Å²) in [4.78, 5) is 12.8. The van der Waals surface area contributed by atoms with Crippen LogP contribution >= 0.6 is 11.3 Å². The molecule has 4 nitrogen and oxygen atoms in total. The van der Waals surface area contributed by atoms with E-state index in [0.717, 1.165) is 24.3 Å². The van der Waals surface area contributed by atoms with Gasteiger partial charge in [0.2, 0.25) is 0 Å². The molecule has 0 saturated carbocycles. The Kier molecular flexibility index (Phi) is 4.39. The molecular weight excluding hydrogens is 236 g/mol. The zero-order valence-corrected chi connectivity index (χ0v) is 10.8. The van der Waals surface area contributed by atoms with Crippen molar-refractivity contribution in [3.8, 4) is 0 Å². The van der Waals surface area contributed by atoms with Gasteiger partial charge in [0.15, 0.2) is 0 Å². The SMILES string of the molecule is CC(NC(=O)NCC1CCCO1)c1cccs1. The third kappa shape index (κ3) is 3.71. The van der Waals surface area contributed by atoms with Crippen LogP contribution in [0.4, 0.5) is 4.79 Å². The Morgan fingerprint density at radius 1 is 1.71 bits per heavy atom. The van der Waals surface area contributed by atoms with Crippen molar-refractivity contribution < 1.29 is 9.53 Å². The highest BCUT2D eigenvalue weighted by molar-refractivity contribution is 7.10. The van der Waals surface area contributed by atoms with E-state index in [0.29, 0.717) is 6.54 Å². The van der Waals surface area contributed by atoms with Gasteiger partial charge in [-0.1, -0.05) is 6.07 Å². The smallest absolute Gasteiger partial charge is 0.315 e. The van der Waals surface area contributed by atoms with E-state index in [9.17, 15) is 4.79 Å². The van der Waals surface area contributed by atoms with Gasteiger partial charge in [-0.2, -0.15) is 0 Å². The predicted octanol–water partition coefficient (Wildman–Crippen LogP) is 2.29. The van der Waals surface area contributed by atoms with Gasteiger partial charge in [0.05, 0.1) is 12.1 Å². The Morgan fingerprint density at radius 3 is 3.24 bits per heavy atom. The fourth-order valence-electron chi connectivity index (χ4n) is 1.87. The fourth-order valence-corrected chi connectivity index (χ4v) is 2.60. The summed E-state index contributed by atoms with van der Waals surface area (Å²) in [6.07, 6.45) is 2.33. The molecule has 0 aliphatic carbocycles. The summed E-state index contributed by atoms with van der Waals surface area (Å²) in [6, 6.07) is 3.94. The van der Waals surface area contributed by atoms with Crippen molar-refractivity contribution in [2.45, 2.75) is 31.9 Å². The number of hydrogen-bond acceptors (Lipinski definition) is 3. The Balaban J connectivity index is 1.69. The lowest BCUT2D eigenvalue weighted by Crippen LogP contribution is -2.40. The molecule has 0 spiro atoms. The first-order valence-electron chi connectivity index (χ1n) is 5.95. The molecule has 94 valence electrons. The molecule has 2 amide bonds. The average molecular weight is 254 g/mol. The van der Waals surface area contributed by atoms with Gasteiger partial charge in [-0.05, 0) is 31.2 Å². The van der Waals surface area contributed by atoms with E-state index >= 15 is 0 Å². The van der Waals surface area contributed by atoms with E-state index in [4.69, 9.17) is 4.74 Å². The Labute approximate surface area is 105 Å². The van der Waals surface area contributed by atoms with Crippen LogP contribution in [0.25, 0.3) is 0 Å². The Hall–Kier alpha value is -1.07. The van der Waals surface area contributed by atoms with Crippen LogP contribution in [0.15, 0.2) is 17.5 Å². The van der Waals surface area contributed by atoms with Gasteiger partial charge in [-0.3, -0.25) is 0 Å². The van der Waals surface area contributed by atoms with Gasteiger partial charge in [-0.15, -0.1) is 11.3 Å². The van der Waals surface area contributed by atoms with Crippen molar-refractivity contribution in [3.05, 3.63) is 22.4 Å². The van der Waals surface area contributed by atoms with Gasteiger partial charge in [0, 0.05) is 18.0 Å². The summed E-state index contributed by atoms with van der Waals surface area (Å²) in [5.74, 6) is 0. The van der Waals surface area contributed by atoms with Crippen molar-refractivity contribution in [3.63, 3.8) is 0 Å². The number of rotatable bonds is 4. The second-order valence-electron chi connectivity index (χ2n) is 4.23. The van der Waals surface area contributed by atoms with E-state index in [1.807, 2.05) is 24.4 Å². The largest absolute Gasteiger partial charge is 0.376 e. The molecule has 2 N–H and O–H groups in total. The fraction of sp³-hybridized carbons (Fsp3) is 0.583. The first-order valence-corrected chi connectivity index (χ1v) is 6.83. The van der Waals surface area contributed by atoms with Crippen LogP contribution in [0, 0.1) is 0 Å². The molecule has 2 rings (SSSR count). The molecule has 1 aliphatic heterocycles. The van der Waals surface area contributed by atoms with Gasteiger partial charge < -0.3 is 15.4 Å². The normalized spacial score (nSPS) is 21.1. The molecule has 1 saturated heterocycles. The summed E-state index contributed by atoms with van der Waals surface area (Å²) in [5.41, 5.74) is 0. The van der Waals surface area contributed by atoms with Crippen LogP contribution in [0.2, 0.25) is 0 Å². The third-order valence-corrected chi connectivity index (χ3v) is 3.89. The second-order valence-corrected chi connectivity index (χ2v) is 5.21. The van der Waals surface area contributed by atoms with Crippen molar-refractivity contribution in [1.29, 1.82) is 0 Å². The molecule has 1 aromatic heterocycles. The summed E-state index contributed by atoms with van der Waals surface area (Å²) in [5, 5.41) is 7.77. The second kappa shape index (κ2) is 6.02. The van der Waals surface area contributed by atoms with Gasteiger partial charge >= 0.3 is 6.03 Å². The molecule has 0 radical (unpaired) electrons. The van der Waals surface area contributed by atoms with Crippen LogP contribution in [0.1, 0.15) is 30.7 Å². The average Bonchev–Trinajstić information content (AvgIpc) is 2.99. The van der Waals surface area contributed by atoms with Crippen LogP contribution in [-0.4, -0.2) is 25.3 Å². The van der Waals surface area contributed by atoms with E-state index in [1.54, 1.807) is 11.3 Å². The molecule has 2 unspecified atom stereocenters. The van der Waals surface area contributed by atoms with Crippen molar-refractivity contribution in [1.82, 2.24) is 10.6 Å². The topological polar surface area (TPSA) is 50.4 Å². The minimum Gasteiger partial charge on any atom is -0.376 e. The summed E-state index contributed by atoms with van der Waals surface area (Å²) < 4.78 is 5.44. The Bertz CT molecular complexity index is 347. The van der Waals surface area contributed by atoms with Crippen LogP contribution in [-0.2, 0) is 4.74 Å². The number of thiophene rings is 1. The number of nitrogens with one attached hydrogen (secondary N) is 2. The quantitative estimate of drug-likeness (QED) is 0.866. The lowest BCUT2D eigenvalue weighted by atomic mass is 10.2. The molecule has 2 heterocycles. The van der Waals surface area contributed by atoms with Gasteiger partial charge in [-0.25, -0.2) is 4.79 Å². The number of amides is 2. The van der Waals surface area contributed by atoms with Crippen molar-refractivity contribution in [2.75, 3.05) is 13.2 Å². The molecular formula is C12H18N2O2S. The molecule has 5 heteroatoms. The zero-order chi connectivity index (χ0) is 12.1. The highest BCUT2D eigenvalue weighted by Gasteiger charge is 2.17. The minimum atomic E-state index is -0.124. The van der Waals surface area contributed by atoms with Crippen molar-refractivity contribution >= 4 is 17.4 Å². The number of urea groups is 1. The highest BCUT2D eigenvalue weighted by atomic mass is 32.1. The standard InChI is InChI=1S/C12H18N2O2S/c1-9(11-5-3-7-17-11)14-12(15)13-8-10-4-2-6-16-10/h3,5,7,9-10H,2,4,6,8H2,1H3,(H2,13,14,15). The number of carbonyl (C=O) groups is 1. The summed E-state index contributed by atoms with van der Waals surface area (Å²) in [6.45, 7) is 3.40. The van der Waals surface area contributed by atoms with E-state index in [1.165, 1.54) is 0 Å².